The molecule has 1 heterocycles. The van der Waals surface area contributed by atoms with E-state index < -0.39 is 0 Å². The first-order valence-corrected chi connectivity index (χ1v) is 6.62. The number of hydrogen-bond acceptors (Lipinski definition) is 3. The number of amides is 1. The van der Waals surface area contributed by atoms with Crippen LogP contribution in [0, 0.1) is 5.92 Å². The van der Waals surface area contributed by atoms with Gasteiger partial charge in [0.2, 0.25) is 5.91 Å². The van der Waals surface area contributed by atoms with Gasteiger partial charge in [-0.05, 0) is 30.9 Å². The average Bonchev–Trinajstić information content (AvgIpc) is 3.01. The fourth-order valence-electron chi connectivity index (χ4n) is 1.80. The summed E-state index contributed by atoms with van der Waals surface area (Å²) in [6.07, 6.45) is 3.85. The molecule has 0 spiro atoms. The Hall–Kier alpha value is -0.900. The lowest BCUT2D eigenvalue weighted by Gasteiger charge is -2.26. The smallest absolute Gasteiger partial charge is 0.236 e. The van der Waals surface area contributed by atoms with Crippen LogP contribution in [0.3, 0.4) is 0 Å². The molecule has 2 rings (SSSR count). The predicted octanol–water partition coefficient (Wildman–Crippen LogP) is 2.73. The van der Waals surface area contributed by atoms with Crippen molar-refractivity contribution in [3.63, 3.8) is 0 Å². The lowest BCUT2D eigenvalue weighted by molar-refractivity contribution is -0.132. The molecule has 1 unspecified atom stereocenters. The molecular weight excluding hydrogens is 234 g/mol. The molecule has 1 aliphatic carbocycles. The first kappa shape index (κ1) is 12.6. The Morgan fingerprint density at radius 2 is 2.29 bits per heavy atom. The van der Waals surface area contributed by atoms with Crippen LogP contribution in [0.4, 0.5) is 0 Å². The van der Waals surface area contributed by atoms with Gasteiger partial charge >= 0.3 is 0 Å². The van der Waals surface area contributed by atoms with Crippen molar-refractivity contribution in [3.8, 4) is 0 Å². The van der Waals surface area contributed by atoms with Crippen LogP contribution < -0.4 is 0 Å². The van der Waals surface area contributed by atoms with Gasteiger partial charge in [-0.1, -0.05) is 13.8 Å². The van der Waals surface area contributed by atoms with E-state index in [2.05, 4.69) is 12.6 Å². The SMILES string of the molecule is CC(C)C(S)C(=O)N(Cc1ccco1)C1CC1. The van der Waals surface area contributed by atoms with Gasteiger partial charge in [-0.25, -0.2) is 0 Å². The Kier molecular flexibility index (Phi) is 3.82. The van der Waals surface area contributed by atoms with E-state index >= 15 is 0 Å². The Labute approximate surface area is 108 Å². The van der Waals surface area contributed by atoms with Gasteiger partial charge < -0.3 is 9.32 Å². The number of furan rings is 1. The molecule has 0 aromatic carbocycles. The van der Waals surface area contributed by atoms with E-state index in [0.29, 0.717) is 12.6 Å². The highest BCUT2D eigenvalue weighted by atomic mass is 32.1. The molecule has 0 aliphatic heterocycles. The van der Waals surface area contributed by atoms with Crippen LogP contribution in [-0.2, 0) is 11.3 Å². The molecular formula is C13H19NO2S. The Morgan fingerprint density at radius 1 is 1.59 bits per heavy atom. The van der Waals surface area contributed by atoms with Crippen LogP contribution in [0.15, 0.2) is 22.8 Å². The van der Waals surface area contributed by atoms with Crippen molar-refractivity contribution >= 4 is 18.5 Å². The summed E-state index contributed by atoms with van der Waals surface area (Å²) in [6, 6.07) is 4.15. The molecule has 17 heavy (non-hydrogen) atoms. The quantitative estimate of drug-likeness (QED) is 0.819. The van der Waals surface area contributed by atoms with Gasteiger partial charge in [0, 0.05) is 6.04 Å². The molecule has 1 aromatic heterocycles. The van der Waals surface area contributed by atoms with Crippen LogP contribution in [0.1, 0.15) is 32.4 Å². The lowest BCUT2D eigenvalue weighted by atomic mass is 10.1. The summed E-state index contributed by atoms with van der Waals surface area (Å²) >= 11 is 4.41. The Morgan fingerprint density at radius 3 is 2.76 bits per heavy atom. The molecule has 4 heteroatoms. The normalized spacial score (nSPS) is 17.2. The summed E-state index contributed by atoms with van der Waals surface area (Å²) in [6.45, 7) is 4.61. The molecule has 0 N–H and O–H groups in total. The van der Waals surface area contributed by atoms with E-state index in [9.17, 15) is 4.79 Å². The van der Waals surface area contributed by atoms with Gasteiger partial charge in [-0.2, -0.15) is 12.6 Å². The molecule has 1 fully saturated rings. The van der Waals surface area contributed by atoms with Crippen LogP contribution in [0.5, 0.6) is 0 Å². The van der Waals surface area contributed by atoms with Crippen molar-refractivity contribution in [2.45, 2.75) is 44.5 Å². The number of hydrogen-bond donors (Lipinski definition) is 1. The van der Waals surface area contributed by atoms with Crippen molar-refractivity contribution in [2.75, 3.05) is 0 Å². The van der Waals surface area contributed by atoms with Gasteiger partial charge in [-0.3, -0.25) is 4.79 Å². The molecule has 94 valence electrons. The van der Waals surface area contributed by atoms with Crippen LogP contribution in [0.25, 0.3) is 0 Å². The zero-order chi connectivity index (χ0) is 12.4. The van der Waals surface area contributed by atoms with E-state index in [4.69, 9.17) is 4.42 Å². The Bertz CT molecular complexity index is 371. The van der Waals surface area contributed by atoms with Crippen molar-refractivity contribution in [1.29, 1.82) is 0 Å². The van der Waals surface area contributed by atoms with Crippen molar-refractivity contribution in [2.24, 2.45) is 5.92 Å². The van der Waals surface area contributed by atoms with E-state index in [0.717, 1.165) is 18.6 Å². The minimum Gasteiger partial charge on any atom is -0.467 e. The zero-order valence-corrected chi connectivity index (χ0v) is 11.2. The molecule has 0 radical (unpaired) electrons. The molecule has 1 atom stereocenters. The van der Waals surface area contributed by atoms with Crippen molar-refractivity contribution < 1.29 is 9.21 Å². The number of rotatable bonds is 5. The van der Waals surface area contributed by atoms with E-state index in [1.54, 1.807) is 6.26 Å². The van der Waals surface area contributed by atoms with E-state index in [1.807, 2.05) is 30.9 Å². The summed E-state index contributed by atoms with van der Waals surface area (Å²) in [4.78, 5) is 14.2. The van der Waals surface area contributed by atoms with Crippen LogP contribution in [-0.4, -0.2) is 22.1 Å². The number of nitrogens with zero attached hydrogens (tertiary/aromatic N) is 1. The fraction of sp³-hybridized carbons (Fsp3) is 0.615. The highest BCUT2D eigenvalue weighted by molar-refractivity contribution is 7.81. The molecule has 1 aromatic rings. The third-order valence-corrected chi connectivity index (χ3v) is 3.88. The molecule has 0 saturated heterocycles. The molecule has 1 aliphatic rings. The average molecular weight is 253 g/mol. The first-order valence-electron chi connectivity index (χ1n) is 6.10. The molecule has 1 saturated carbocycles. The zero-order valence-electron chi connectivity index (χ0n) is 10.3. The largest absolute Gasteiger partial charge is 0.467 e. The fourth-order valence-corrected chi connectivity index (χ4v) is 1.95. The second-order valence-electron chi connectivity index (χ2n) is 4.97. The van der Waals surface area contributed by atoms with Gasteiger partial charge in [0.15, 0.2) is 0 Å². The number of thiol groups is 1. The Balaban J connectivity index is 2.04. The van der Waals surface area contributed by atoms with Gasteiger partial charge in [0.1, 0.15) is 5.76 Å². The van der Waals surface area contributed by atoms with Crippen molar-refractivity contribution in [3.05, 3.63) is 24.2 Å². The predicted molar refractivity (Wildman–Crippen MR) is 69.9 cm³/mol. The third kappa shape index (κ3) is 3.06. The summed E-state index contributed by atoms with van der Waals surface area (Å²) in [5.74, 6) is 1.22. The monoisotopic (exact) mass is 253 g/mol. The van der Waals surface area contributed by atoms with Crippen molar-refractivity contribution in [1.82, 2.24) is 4.90 Å². The maximum atomic E-state index is 12.3. The topological polar surface area (TPSA) is 33.5 Å². The highest BCUT2D eigenvalue weighted by Gasteiger charge is 2.35. The summed E-state index contributed by atoms with van der Waals surface area (Å²) in [7, 11) is 0. The second-order valence-corrected chi connectivity index (χ2v) is 5.52. The highest BCUT2D eigenvalue weighted by Crippen LogP contribution is 2.30. The first-order chi connectivity index (χ1) is 8.09. The maximum absolute atomic E-state index is 12.3. The maximum Gasteiger partial charge on any atom is 0.236 e. The van der Waals surface area contributed by atoms with Gasteiger partial charge in [0.05, 0.1) is 18.1 Å². The van der Waals surface area contributed by atoms with Crippen LogP contribution in [0.2, 0.25) is 0 Å². The minimum absolute atomic E-state index is 0.127. The van der Waals surface area contributed by atoms with E-state index in [-0.39, 0.29) is 17.1 Å². The molecule has 0 bridgehead atoms. The van der Waals surface area contributed by atoms with Crippen LogP contribution >= 0.6 is 12.6 Å². The second kappa shape index (κ2) is 5.17. The minimum atomic E-state index is -0.217. The van der Waals surface area contributed by atoms with Gasteiger partial charge in [-0.15, -0.1) is 0 Å². The van der Waals surface area contributed by atoms with Gasteiger partial charge in [0.25, 0.3) is 0 Å². The molecule has 3 nitrogen and oxygen atoms in total. The lowest BCUT2D eigenvalue weighted by Crippen LogP contribution is -2.39. The third-order valence-electron chi connectivity index (χ3n) is 3.06. The molecule has 1 amide bonds. The standard InChI is InChI=1S/C13H19NO2S/c1-9(2)12(17)13(15)14(10-5-6-10)8-11-4-3-7-16-11/h3-4,7,9-10,12,17H,5-6,8H2,1-2H3. The summed E-state index contributed by atoms with van der Waals surface area (Å²) in [5.41, 5.74) is 0. The summed E-state index contributed by atoms with van der Waals surface area (Å²) < 4.78 is 5.31. The summed E-state index contributed by atoms with van der Waals surface area (Å²) in [5, 5.41) is -0.217. The number of carbonyl (C=O) groups is 1. The van der Waals surface area contributed by atoms with E-state index in [1.165, 1.54) is 0 Å². The number of carbonyl (C=O) groups excluding carboxylic acids is 1.